The van der Waals surface area contributed by atoms with Crippen molar-refractivity contribution in [3.8, 4) is 0 Å². The van der Waals surface area contributed by atoms with Crippen LogP contribution < -0.4 is 0 Å². The summed E-state index contributed by atoms with van der Waals surface area (Å²) < 4.78 is 5.40. The lowest BCUT2D eigenvalue weighted by Gasteiger charge is -2.09. The van der Waals surface area contributed by atoms with Gasteiger partial charge in [0.2, 0.25) is 0 Å². The minimum atomic E-state index is -0.321. The van der Waals surface area contributed by atoms with Gasteiger partial charge in [-0.2, -0.15) is 0 Å². The van der Waals surface area contributed by atoms with Crippen molar-refractivity contribution < 1.29 is 9.84 Å². The second kappa shape index (κ2) is 21.0. The molecule has 2 nitrogen and oxygen atoms in total. The van der Waals surface area contributed by atoms with E-state index in [1.54, 1.807) is 0 Å². The highest BCUT2D eigenvalue weighted by molar-refractivity contribution is 6.19. The fourth-order valence-corrected chi connectivity index (χ4v) is 2.93. The van der Waals surface area contributed by atoms with Gasteiger partial charge in [0.05, 0.1) is 0 Å². The SMILES string of the molecule is CCCCCCCC/C=C\CCCCCCCCOC(Cl)CCO. The molecule has 1 unspecified atom stereocenters. The quantitative estimate of drug-likeness (QED) is 0.153. The molecule has 0 saturated heterocycles. The molecule has 0 aromatic heterocycles. The van der Waals surface area contributed by atoms with Crippen LogP contribution >= 0.6 is 11.6 Å². The lowest BCUT2D eigenvalue weighted by atomic mass is 10.1. The molecule has 0 heterocycles. The van der Waals surface area contributed by atoms with Crippen LogP contribution in [0.1, 0.15) is 103 Å². The molecule has 0 aliphatic rings. The van der Waals surface area contributed by atoms with Crippen LogP contribution in [0.4, 0.5) is 0 Å². The maximum absolute atomic E-state index is 8.71. The maximum atomic E-state index is 8.71. The van der Waals surface area contributed by atoms with Gasteiger partial charge < -0.3 is 9.84 Å². The number of rotatable bonds is 19. The maximum Gasteiger partial charge on any atom is 0.133 e. The van der Waals surface area contributed by atoms with Crippen LogP contribution in [0.25, 0.3) is 0 Å². The van der Waals surface area contributed by atoms with Gasteiger partial charge in [0.1, 0.15) is 5.56 Å². The normalized spacial score (nSPS) is 13.0. The van der Waals surface area contributed by atoms with Gasteiger partial charge in [-0.3, -0.25) is 0 Å². The van der Waals surface area contributed by atoms with E-state index in [2.05, 4.69) is 19.1 Å². The van der Waals surface area contributed by atoms with Crippen LogP contribution in [-0.4, -0.2) is 23.9 Å². The van der Waals surface area contributed by atoms with Crippen molar-refractivity contribution in [3.05, 3.63) is 12.2 Å². The van der Waals surface area contributed by atoms with Gasteiger partial charge in [0.15, 0.2) is 0 Å². The minimum Gasteiger partial charge on any atom is -0.396 e. The van der Waals surface area contributed by atoms with E-state index >= 15 is 0 Å². The van der Waals surface area contributed by atoms with Gasteiger partial charge in [0.25, 0.3) is 0 Å². The third-order valence-electron chi connectivity index (χ3n) is 4.31. The van der Waals surface area contributed by atoms with Crippen LogP contribution in [0, 0.1) is 0 Å². The molecule has 0 spiro atoms. The Morgan fingerprint density at radius 1 is 0.792 bits per heavy atom. The second-order valence-electron chi connectivity index (χ2n) is 6.73. The molecule has 0 aromatic rings. The van der Waals surface area contributed by atoms with Gasteiger partial charge in [-0.25, -0.2) is 0 Å². The summed E-state index contributed by atoms with van der Waals surface area (Å²) in [5, 5.41) is 8.71. The van der Waals surface area contributed by atoms with E-state index in [1.807, 2.05) is 0 Å². The zero-order chi connectivity index (χ0) is 17.7. The van der Waals surface area contributed by atoms with Gasteiger partial charge in [-0.15, -0.1) is 0 Å². The summed E-state index contributed by atoms with van der Waals surface area (Å²) in [5.74, 6) is 0. The molecule has 0 aliphatic heterocycles. The third-order valence-corrected chi connectivity index (χ3v) is 4.66. The van der Waals surface area contributed by atoms with Crippen LogP contribution in [0.3, 0.4) is 0 Å². The molecule has 0 fully saturated rings. The van der Waals surface area contributed by atoms with Crippen molar-refractivity contribution >= 4 is 11.6 Å². The zero-order valence-electron chi connectivity index (χ0n) is 16.0. The molecule has 3 heteroatoms. The molecule has 144 valence electrons. The number of hydrogen-bond donors (Lipinski definition) is 1. The molecule has 1 N–H and O–H groups in total. The van der Waals surface area contributed by atoms with Crippen molar-refractivity contribution in [2.24, 2.45) is 0 Å². The number of hydrogen-bond acceptors (Lipinski definition) is 2. The lowest BCUT2D eigenvalue weighted by Crippen LogP contribution is -2.08. The van der Waals surface area contributed by atoms with Crippen molar-refractivity contribution in [2.75, 3.05) is 13.2 Å². The molecule has 0 aromatic carbocycles. The Hall–Kier alpha value is -0.0500. The van der Waals surface area contributed by atoms with Crippen molar-refractivity contribution in [1.29, 1.82) is 0 Å². The number of aliphatic hydroxyl groups is 1. The first-order valence-corrected chi connectivity index (χ1v) is 10.8. The fraction of sp³-hybridized carbons (Fsp3) is 0.905. The standard InChI is InChI=1S/C21H41ClO2/c1-2-3-4-5-6-7-8-9-10-11-12-13-14-15-16-17-20-24-21(22)18-19-23/h9-10,21,23H,2-8,11-20H2,1H3/b10-9-. The Kier molecular flexibility index (Phi) is 20.9. The monoisotopic (exact) mass is 360 g/mol. The van der Waals surface area contributed by atoms with Crippen LogP contribution in [0.15, 0.2) is 12.2 Å². The highest BCUT2D eigenvalue weighted by Crippen LogP contribution is 2.11. The van der Waals surface area contributed by atoms with E-state index < -0.39 is 0 Å². The van der Waals surface area contributed by atoms with Crippen molar-refractivity contribution in [1.82, 2.24) is 0 Å². The number of ether oxygens (including phenoxy) is 1. The van der Waals surface area contributed by atoms with Crippen LogP contribution in [-0.2, 0) is 4.74 Å². The predicted octanol–water partition coefficient (Wildman–Crippen LogP) is 6.99. The van der Waals surface area contributed by atoms with Crippen molar-refractivity contribution in [3.63, 3.8) is 0 Å². The largest absolute Gasteiger partial charge is 0.396 e. The summed E-state index contributed by atoms with van der Waals surface area (Å²) in [6, 6.07) is 0. The molecule has 0 aliphatic carbocycles. The Labute approximate surface area is 156 Å². The molecule has 0 radical (unpaired) electrons. The molecule has 0 saturated carbocycles. The topological polar surface area (TPSA) is 29.5 Å². The van der Waals surface area contributed by atoms with E-state index in [0.717, 1.165) is 13.0 Å². The van der Waals surface area contributed by atoms with Gasteiger partial charge >= 0.3 is 0 Å². The summed E-state index contributed by atoms with van der Waals surface area (Å²) in [4.78, 5) is 0. The van der Waals surface area contributed by atoms with Crippen LogP contribution in [0.5, 0.6) is 0 Å². The summed E-state index contributed by atoms with van der Waals surface area (Å²) in [5.41, 5.74) is -0.321. The molecular formula is C21H41ClO2. The minimum absolute atomic E-state index is 0.0988. The van der Waals surface area contributed by atoms with Gasteiger partial charge in [0, 0.05) is 19.6 Å². The van der Waals surface area contributed by atoms with E-state index in [0.29, 0.717) is 6.42 Å². The predicted molar refractivity (Wildman–Crippen MR) is 107 cm³/mol. The Bertz CT molecular complexity index is 256. The zero-order valence-corrected chi connectivity index (χ0v) is 16.7. The number of unbranched alkanes of at least 4 members (excludes halogenated alkanes) is 12. The van der Waals surface area contributed by atoms with Gasteiger partial charge in [-0.05, 0) is 32.1 Å². The molecule has 0 bridgehead atoms. The molecule has 0 rings (SSSR count). The molecular weight excluding hydrogens is 320 g/mol. The highest BCUT2D eigenvalue weighted by Gasteiger charge is 2.02. The Morgan fingerprint density at radius 2 is 1.29 bits per heavy atom. The van der Waals surface area contributed by atoms with E-state index in [4.69, 9.17) is 21.4 Å². The Balaban J connectivity index is 3.10. The Morgan fingerprint density at radius 3 is 1.83 bits per heavy atom. The van der Waals surface area contributed by atoms with E-state index in [-0.39, 0.29) is 12.2 Å². The number of allylic oxidation sites excluding steroid dienone is 2. The molecule has 24 heavy (non-hydrogen) atoms. The second-order valence-corrected chi connectivity index (χ2v) is 7.22. The number of halogens is 1. The highest BCUT2D eigenvalue weighted by atomic mass is 35.5. The van der Waals surface area contributed by atoms with E-state index in [1.165, 1.54) is 83.5 Å². The number of aliphatic hydroxyl groups excluding tert-OH is 1. The summed E-state index contributed by atoms with van der Waals surface area (Å²) in [6.45, 7) is 3.09. The molecule has 0 amide bonds. The average molecular weight is 361 g/mol. The lowest BCUT2D eigenvalue weighted by molar-refractivity contribution is 0.0845. The average Bonchev–Trinajstić information content (AvgIpc) is 2.58. The van der Waals surface area contributed by atoms with Gasteiger partial charge in [-0.1, -0.05) is 88.5 Å². The number of alkyl halides is 1. The summed E-state index contributed by atoms with van der Waals surface area (Å²) in [6.07, 6.45) is 23.7. The summed E-state index contributed by atoms with van der Waals surface area (Å²) in [7, 11) is 0. The molecule has 1 atom stereocenters. The van der Waals surface area contributed by atoms with E-state index in [9.17, 15) is 0 Å². The fourth-order valence-electron chi connectivity index (χ4n) is 2.75. The first-order valence-electron chi connectivity index (χ1n) is 10.3. The van der Waals surface area contributed by atoms with Crippen LogP contribution in [0.2, 0.25) is 0 Å². The smallest absolute Gasteiger partial charge is 0.133 e. The first kappa shape index (κ1) is 23.9. The summed E-state index contributed by atoms with van der Waals surface area (Å²) >= 11 is 5.86. The third kappa shape index (κ3) is 20.0. The van der Waals surface area contributed by atoms with Crippen molar-refractivity contribution in [2.45, 2.75) is 109 Å². The first-order chi connectivity index (χ1) is 11.8.